The Labute approximate surface area is 171 Å². The maximum Gasteiger partial charge on any atom is 0.274 e. The number of rotatable bonds is 4. The topological polar surface area (TPSA) is 97.9 Å². The molecule has 30 heavy (non-hydrogen) atoms. The third-order valence-corrected chi connectivity index (χ3v) is 5.48. The number of fused-ring (bicyclic) bond motifs is 1. The van der Waals surface area contributed by atoms with E-state index in [2.05, 4.69) is 21.4 Å². The van der Waals surface area contributed by atoms with Crippen molar-refractivity contribution >= 4 is 5.91 Å². The molecular formula is C21H17FN6O2. The van der Waals surface area contributed by atoms with E-state index < -0.39 is 0 Å². The Morgan fingerprint density at radius 1 is 1.33 bits per heavy atom. The van der Waals surface area contributed by atoms with E-state index in [0.717, 1.165) is 0 Å². The van der Waals surface area contributed by atoms with Crippen molar-refractivity contribution in [2.24, 2.45) is 5.92 Å². The van der Waals surface area contributed by atoms with Gasteiger partial charge >= 0.3 is 0 Å². The van der Waals surface area contributed by atoms with E-state index in [-0.39, 0.29) is 29.8 Å². The summed E-state index contributed by atoms with van der Waals surface area (Å²) in [5.41, 5.74) is 1.51. The van der Waals surface area contributed by atoms with E-state index in [1.54, 1.807) is 28.1 Å². The second-order valence-corrected chi connectivity index (χ2v) is 7.44. The molecule has 0 spiro atoms. The molecule has 150 valence electrons. The summed E-state index contributed by atoms with van der Waals surface area (Å²) < 4.78 is 19.0. The molecule has 2 aliphatic rings. The number of nitrogens with zero attached hydrogens (tertiary/aromatic N) is 5. The van der Waals surface area contributed by atoms with Crippen molar-refractivity contribution < 1.29 is 13.9 Å². The van der Waals surface area contributed by atoms with Crippen LogP contribution in [-0.4, -0.2) is 49.6 Å². The van der Waals surface area contributed by atoms with Crippen molar-refractivity contribution in [3.63, 3.8) is 0 Å². The molecule has 0 bridgehead atoms. The highest BCUT2D eigenvalue weighted by atomic mass is 19.1. The first kappa shape index (κ1) is 18.1. The lowest BCUT2D eigenvalue weighted by molar-refractivity contribution is 0.0810. The third kappa shape index (κ3) is 2.93. The SMILES string of the molecule is CC1CN(C#N)C2[C@@H]1N2C(=O)c1cc(-c2ccncc2Oc2ccc(F)cc2)n[nH]1. The van der Waals surface area contributed by atoms with E-state index in [1.807, 2.05) is 6.92 Å². The number of amides is 1. The van der Waals surface area contributed by atoms with E-state index in [0.29, 0.717) is 35.0 Å². The van der Waals surface area contributed by atoms with Crippen LogP contribution >= 0.6 is 0 Å². The fourth-order valence-corrected chi connectivity index (χ4v) is 4.03. The van der Waals surface area contributed by atoms with Gasteiger partial charge in [0.1, 0.15) is 23.4 Å². The second kappa shape index (κ2) is 6.84. The van der Waals surface area contributed by atoms with Gasteiger partial charge in [-0.05, 0) is 42.3 Å². The fourth-order valence-electron chi connectivity index (χ4n) is 4.03. The van der Waals surface area contributed by atoms with Gasteiger partial charge in [-0.1, -0.05) is 6.92 Å². The first-order valence-corrected chi connectivity index (χ1v) is 9.49. The Bertz CT molecular complexity index is 1150. The predicted octanol–water partition coefficient (Wildman–Crippen LogP) is 2.99. The summed E-state index contributed by atoms with van der Waals surface area (Å²) in [6.07, 6.45) is 5.13. The van der Waals surface area contributed by atoms with Crippen LogP contribution in [0.5, 0.6) is 11.5 Å². The molecule has 0 aliphatic carbocycles. The minimum atomic E-state index is -0.353. The molecule has 9 heteroatoms. The van der Waals surface area contributed by atoms with Crippen molar-refractivity contribution in [2.75, 3.05) is 6.54 Å². The lowest BCUT2D eigenvalue weighted by atomic mass is 10.1. The maximum absolute atomic E-state index is 13.1. The number of nitrogens with one attached hydrogen (secondary N) is 1. The number of carbonyl (C=O) groups is 1. The third-order valence-electron chi connectivity index (χ3n) is 5.48. The van der Waals surface area contributed by atoms with Gasteiger partial charge < -0.3 is 9.64 Å². The van der Waals surface area contributed by atoms with E-state index in [4.69, 9.17) is 4.74 Å². The summed E-state index contributed by atoms with van der Waals surface area (Å²) in [4.78, 5) is 20.3. The largest absolute Gasteiger partial charge is 0.455 e. The quantitative estimate of drug-likeness (QED) is 0.530. The van der Waals surface area contributed by atoms with Crippen LogP contribution in [0.2, 0.25) is 0 Å². The van der Waals surface area contributed by atoms with Crippen molar-refractivity contribution in [1.29, 1.82) is 5.26 Å². The zero-order valence-corrected chi connectivity index (χ0v) is 16.0. The number of aromatic amines is 1. The number of benzene rings is 1. The van der Waals surface area contributed by atoms with Crippen molar-refractivity contribution in [3.05, 3.63) is 60.3 Å². The average molecular weight is 404 g/mol. The lowest BCUT2D eigenvalue weighted by Gasteiger charge is -2.16. The molecule has 2 unspecified atom stereocenters. The monoisotopic (exact) mass is 404 g/mol. The molecule has 1 aromatic carbocycles. The molecule has 3 aromatic rings. The van der Waals surface area contributed by atoms with Gasteiger partial charge in [-0.2, -0.15) is 10.4 Å². The van der Waals surface area contributed by atoms with Crippen LogP contribution in [-0.2, 0) is 0 Å². The molecule has 0 radical (unpaired) electrons. The molecule has 8 nitrogen and oxygen atoms in total. The van der Waals surface area contributed by atoms with Crippen LogP contribution in [0, 0.1) is 23.2 Å². The molecule has 2 aromatic heterocycles. The molecule has 3 atom stereocenters. The van der Waals surface area contributed by atoms with Crippen LogP contribution in [0.1, 0.15) is 17.4 Å². The number of ether oxygens (including phenoxy) is 1. The minimum Gasteiger partial charge on any atom is -0.455 e. The van der Waals surface area contributed by atoms with E-state index in [1.165, 1.54) is 30.5 Å². The smallest absolute Gasteiger partial charge is 0.274 e. The lowest BCUT2D eigenvalue weighted by Crippen LogP contribution is -2.30. The zero-order chi connectivity index (χ0) is 20.8. The number of carbonyl (C=O) groups excluding carboxylic acids is 1. The number of aromatic nitrogens is 3. The van der Waals surface area contributed by atoms with Gasteiger partial charge in [0, 0.05) is 18.3 Å². The number of halogens is 1. The number of nitriles is 1. The normalized spacial score (nSPS) is 21.8. The number of pyridine rings is 1. The molecule has 1 amide bonds. The summed E-state index contributed by atoms with van der Waals surface area (Å²) in [5, 5.41) is 16.3. The van der Waals surface area contributed by atoms with Crippen LogP contribution in [0.3, 0.4) is 0 Å². The van der Waals surface area contributed by atoms with Crippen LogP contribution < -0.4 is 4.74 Å². The van der Waals surface area contributed by atoms with Gasteiger partial charge in [0.15, 0.2) is 11.9 Å². The average Bonchev–Trinajstić information content (AvgIpc) is 3.13. The van der Waals surface area contributed by atoms with Crippen molar-refractivity contribution in [3.8, 4) is 28.9 Å². The Morgan fingerprint density at radius 2 is 2.13 bits per heavy atom. The molecule has 2 aliphatic heterocycles. The summed E-state index contributed by atoms with van der Waals surface area (Å²) in [5.74, 6) is 0.596. The molecule has 5 rings (SSSR count). The molecule has 4 heterocycles. The van der Waals surface area contributed by atoms with Gasteiger partial charge in [0.05, 0.1) is 17.9 Å². The highest BCUT2D eigenvalue weighted by Gasteiger charge is 2.62. The van der Waals surface area contributed by atoms with E-state index >= 15 is 0 Å². The van der Waals surface area contributed by atoms with E-state index in [9.17, 15) is 14.4 Å². The highest BCUT2D eigenvalue weighted by molar-refractivity contribution is 5.96. The Kier molecular flexibility index (Phi) is 4.13. The number of hydrogen-bond acceptors (Lipinski definition) is 6. The predicted molar refractivity (Wildman–Crippen MR) is 104 cm³/mol. The number of likely N-dealkylation sites (tertiary alicyclic amines) is 1. The number of H-pyrrole nitrogens is 1. The van der Waals surface area contributed by atoms with Gasteiger partial charge in [0.2, 0.25) is 0 Å². The fraction of sp³-hybridized carbons (Fsp3) is 0.238. The standard InChI is InChI=1S/C21H17FN6O2/c1-12-10-27(11-23)20-19(12)28(20)21(29)17-8-16(25-26-17)15-6-7-24-9-18(15)30-14-4-2-13(22)3-5-14/h2-9,12,19-20H,10H2,1H3,(H,25,26)/t12?,19-,20?,28?/m1/s1. The van der Waals surface area contributed by atoms with Gasteiger partial charge in [0.25, 0.3) is 5.91 Å². The Balaban J connectivity index is 1.38. The van der Waals surface area contributed by atoms with Gasteiger partial charge in [-0.3, -0.25) is 19.8 Å². The second-order valence-electron chi connectivity index (χ2n) is 7.44. The molecular weight excluding hydrogens is 387 g/mol. The summed E-state index contributed by atoms with van der Waals surface area (Å²) >= 11 is 0. The maximum atomic E-state index is 13.1. The van der Waals surface area contributed by atoms with Crippen LogP contribution in [0.4, 0.5) is 4.39 Å². The van der Waals surface area contributed by atoms with Crippen molar-refractivity contribution in [2.45, 2.75) is 19.1 Å². The Hall–Kier alpha value is -3.93. The Morgan fingerprint density at radius 3 is 2.90 bits per heavy atom. The first-order chi connectivity index (χ1) is 14.6. The molecule has 2 fully saturated rings. The number of hydrogen-bond donors (Lipinski definition) is 1. The first-order valence-electron chi connectivity index (χ1n) is 9.49. The molecule has 2 saturated heterocycles. The van der Waals surface area contributed by atoms with Gasteiger partial charge in [-0.15, -0.1) is 0 Å². The summed E-state index contributed by atoms with van der Waals surface area (Å²) in [7, 11) is 0. The summed E-state index contributed by atoms with van der Waals surface area (Å²) in [6.45, 7) is 2.71. The highest BCUT2D eigenvalue weighted by Crippen LogP contribution is 2.44. The van der Waals surface area contributed by atoms with Crippen LogP contribution in [0.15, 0.2) is 48.8 Å². The van der Waals surface area contributed by atoms with Crippen molar-refractivity contribution in [1.82, 2.24) is 25.0 Å². The molecule has 1 N–H and O–H groups in total. The zero-order valence-electron chi connectivity index (χ0n) is 16.0. The minimum absolute atomic E-state index is 0.0576. The van der Waals surface area contributed by atoms with Crippen LogP contribution in [0.25, 0.3) is 11.3 Å². The summed E-state index contributed by atoms with van der Waals surface area (Å²) in [6, 6.07) is 9.10. The van der Waals surface area contributed by atoms with Gasteiger partial charge in [-0.25, -0.2) is 4.39 Å². The molecule has 0 saturated carbocycles.